The molecule has 0 aliphatic rings. The lowest BCUT2D eigenvalue weighted by Crippen LogP contribution is -2.21. The first kappa shape index (κ1) is 10.2. The van der Waals surface area contributed by atoms with Gasteiger partial charge in [0.15, 0.2) is 0 Å². The highest BCUT2D eigenvalue weighted by molar-refractivity contribution is 5.83. The number of rotatable bonds is 3. The molecule has 1 aromatic heterocycles. The van der Waals surface area contributed by atoms with E-state index in [-0.39, 0.29) is 6.04 Å². The van der Waals surface area contributed by atoms with Crippen LogP contribution in [0.25, 0.3) is 10.9 Å². The first-order chi connectivity index (χ1) is 7.20. The zero-order valence-corrected chi connectivity index (χ0v) is 9.38. The highest BCUT2D eigenvalue weighted by Gasteiger charge is 2.07. The molecular weight excluding hydrogens is 184 g/mol. The lowest BCUT2D eigenvalue weighted by Gasteiger charge is -2.06. The van der Waals surface area contributed by atoms with Crippen molar-refractivity contribution in [2.75, 3.05) is 0 Å². The van der Waals surface area contributed by atoms with Crippen LogP contribution >= 0.6 is 0 Å². The van der Waals surface area contributed by atoms with Gasteiger partial charge in [0.2, 0.25) is 0 Å². The summed E-state index contributed by atoms with van der Waals surface area (Å²) in [5.41, 5.74) is 9.81. The molecule has 0 saturated carbocycles. The monoisotopic (exact) mass is 202 g/mol. The van der Waals surface area contributed by atoms with Crippen molar-refractivity contribution < 1.29 is 0 Å². The number of aromatic nitrogens is 1. The topological polar surface area (TPSA) is 41.8 Å². The Balaban J connectivity index is 2.36. The van der Waals surface area contributed by atoms with Gasteiger partial charge in [-0.3, -0.25) is 0 Å². The Kier molecular flexibility index (Phi) is 2.78. The molecule has 1 aromatic carbocycles. The Bertz CT molecular complexity index is 457. The number of fused-ring (bicyclic) bond motifs is 1. The molecule has 1 atom stereocenters. The van der Waals surface area contributed by atoms with Crippen molar-refractivity contribution in [3.63, 3.8) is 0 Å². The minimum atomic E-state index is 0.269. The van der Waals surface area contributed by atoms with E-state index in [9.17, 15) is 0 Å². The normalized spacial score (nSPS) is 13.3. The highest BCUT2D eigenvalue weighted by Crippen LogP contribution is 2.20. The molecule has 0 unspecified atom stereocenters. The third kappa shape index (κ3) is 2.05. The summed E-state index contributed by atoms with van der Waals surface area (Å²) in [4.78, 5) is 3.30. The summed E-state index contributed by atoms with van der Waals surface area (Å²) in [6, 6.07) is 6.78. The smallest absolute Gasteiger partial charge is 0.0459 e. The van der Waals surface area contributed by atoms with Gasteiger partial charge in [0.1, 0.15) is 0 Å². The van der Waals surface area contributed by atoms with Gasteiger partial charge in [-0.15, -0.1) is 0 Å². The van der Waals surface area contributed by atoms with Gasteiger partial charge >= 0.3 is 0 Å². The Morgan fingerprint density at radius 3 is 2.93 bits per heavy atom. The van der Waals surface area contributed by atoms with Gasteiger partial charge in [0, 0.05) is 23.1 Å². The first-order valence-electron chi connectivity index (χ1n) is 5.53. The van der Waals surface area contributed by atoms with Crippen LogP contribution in [0.2, 0.25) is 0 Å². The Morgan fingerprint density at radius 1 is 1.40 bits per heavy atom. The summed E-state index contributed by atoms with van der Waals surface area (Å²) in [6.07, 6.45) is 4.07. The van der Waals surface area contributed by atoms with E-state index in [1.54, 1.807) is 0 Å². The maximum Gasteiger partial charge on any atom is 0.0459 e. The highest BCUT2D eigenvalue weighted by atomic mass is 14.7. The van der Waals surface area contributed by atoms with E-state index < -0.39 is 0 Å². The van der Waals surface area contributed by atoms with Gasteiger partial charge in [-0.1, -0.05) is 19.1 Å². The van der Waals surface area contributed by atoms with Crippen molar-refractivity contribution in [1.29, 1.82) is 0 Å². The third-order valence-electron chi connectivity index (χ3n) is 2.93. The molecule has 2 aromatic rings. The number of nitrogens with one attached hydrogen (secondary N) is 1. The quantitative estimate of drug-likeness (QED) is 0.789. The van der Waals surface area contributed by atoms with Gasteiger partial charge in [-0.2, -0.15) is 0 Å². The summed E-state index contributed by atoms with van der Waals surface area (Å²) >= 11 is 0. The fraction of sp³-hybridized carbons (Fsp3) is 0.385. The number of nitrogens with two attached hydrogens (primary N) is 1. The third-order valence-corrected chi connectivity index (χ3v) is 2.93. The molecule has 0 radical (unpaired) electrons. The molecule has 0 aliphatic carbocycles. The molecule has 2 rings (SSSR count). The van der Waals surface area contributed by atoms with Crippen LogP contribution in [-0.4, -0.2) is 11.0 Å². The number of H-pyrrole nitrogens is 1. The maximum absolute atomic E-state index is 5.97. The van der Waals surface area contributed by atoms with Crippen LogP contribution in [0.1, 0.15) is 24.5 Å². The molecule has 0 aliphatic heterocycles. The van der Waals surface area contributed by atoms with Crippen molar-refractivity contribution >= 4 is 10.9 Å². The maximum atomic E-state index is 5.97. The molecule has 0 amide bonds. The molecule has 0 spiro atoms. The Morgan fingerprint density at radius 2 is 2.20 bits per heavy atom. The van der Waals surface area contributed by atoms with E-state index in [0.29, 0.717) is 0 Å². The van der Waals surface area contributed by atoms with Crippen molar-refractivity contribution in [2.45, 2.75) is 32.7 Å². The van der Waals surface area contributed by atoms with Gasteiger partial charge < -0.3 is 10.7 Å². The number of aromatic amines is 1. The van der Waals surface area contributed by atoms with Gasteiger partial charge in [-0.05, 0) is 37.0 Å². The predicted octanol–water partition coefficient (Wildman–Crippen LogP) is 2.76. The van der Waals surface area contributed by atoms with Crippen LogP contribution in [0, 0.1) is 6.92 Å². The zero-order chi connectivity index (χ0) is 10.8. The standard InChI is InChI=1S/C13H18N2/c1-3-11(14)7-10-8-15-13-6-9(2)4-5-12(10)13/h4-6,8,11,15H,3,7,14H2,1-2H3/t11-/m0/s1. The molecule has 2 nitrogen and oxygen atoms in total. The minimum Gasteiger partial charge on any atom is -0.361 e. The van der Waals surface area contributed by atoms with Gasteiger partial charge in [-0.25, -0.2) is 0 Å². The SMILES string of the molecule is CC[C@H](N)Cc1c[nH]c2cc(C)ccc12. The first-order valence-corrected chi connectivity index (χ1v) is 5.53. The van der Waals surface area contributed by atoms with Crippen LogP contribution < -0.4 is 5.73 Å². The van der Waals surface area contributed by atoms with Crippen molar-refractivity contribution in [2.24, 2.45) is 5.73 Å². The minimum absolute atomic E-state index is 0.269. The van der Waals surface area contributed by atoms with E-state index in [4.69, 9.17) is 5.73 Å². The Labute approximate surface area is 90.5 Å². The van der Waals surface area contributed by atoms with E-state index in [2.05, 4.69) is 43.2 Å². The summed E-state index contributed by atoms with van der Waals surface area (Å²) < 4.78 is 0. The molecule has 2 heteroatoms. The van der Waals surface area contributed by atoms with Crippen molar-refractivity contribution in [3.8, 4) is 0 Å². The fourth-order valence-electron chi connectivity index (χ4n) is 1.90. The number of aryl methyl sites for hydroxylation is 1. The van der Waals surface area contributed by atoms with E-state index in [1.807, 2.05) is 0 Å². The number of hydrogen-bond acceptors (Lipinski definition) is 1. The second-order valence-corrected chi connectivity index (χ2v) is 4.24. The molecule has 3 N–H and O–H groups in total. The Hall–Kier alpha value is -1.28. The molecule has 1 heterocycles. The number of hydrogen-bond donors (Lipinski definition) is 2. The van der Waals surface area contributed by atoms with Gasteiger partial charge in [0.25, 0.3) is 0 Å². The molecule has 15 heavy (non-hydrogen) atoms. The lowest BCUT2D eigenvalue weighted by atomic mass is 10.0. The molecule has 0 saturated heterocycles. The molecular formula is C13H18N2. The van der Waals surface area contributed by atoms with Crippen LogP contribution in [-0.2, 0) is 6.42 Å². The lowest BCUT2D eigenvalue weighted by molar-refractivity contribution is 0.648. The van der Waals surface area contributed by atoms with Crippen LogP contribution in [0.3, 0.4) is 0 Å². The van der Waals surface area contributed by atoms with E-state index >= 15 is 0 Å². The average molecular weight is 202 g/mol. The summed E-state index contributed by atoms with van der Waals surface area (Å²) in [7, 11) is 0. The van der Waals surface area contributed by atoms with Crippen molar-refractivity contribution in [3.05, 3.63) is 35.5 Å². The largest absolute Gasteiger partial charge is 0.361 e. The van der Waals surface area contributed by atoms with E-state index in [0.717, 1.165) is 12.8 Å². The van der Waals surface area contributed by atoms with Crippen molar-refractivity contribution in [1.82, 2.24) is 4.98 Å². The zero-order valence-electron chi connectivity index (χ0n) is 9.38. The molecule has 0 fully saturated rings. The molecule has 80 valence electrons. The summed E-state index contributed by atoms with van der Waals surface area (Å²) in [5, 5.41) is 1.31. The van der Waals surface area contributed by atoms with Crippen LogP contribution in [0.4, 0.5) is 0 Å². The average Bonchev–Trinajstić information content (AvgIpc) is 2.60. The van der Waals surface area contributed by atoms with Gasteiger partial charge in [0.05, 0.1) is 0 Å². The second kappa shape index (κ2) is 4.07. The van der Waals surface area contributed by atoms with Crippen LogP contribution in [0.5, 0.6) is 0 Å². The van der Waals surface area contributed by atoms with E-state index in [1.165, 1.54) is 22.0 Å². The summed E-state index contributed by atoms with van der Waals surface area (Å²) in [5.74, 6) is 0. The second-order valence-electron chi connectivity index (χ2n) is 4.24. The van der Waals surface area contributed by atoms with Crippen LogP contribution in [0.15, 0.2) is 24.4 Å². The molecule has 0 bridgehead atoms. The fourth-order valence-corrected chi connectivity index (χ4v) is 1.90. The predicted molar refractivity (Wildman–Crippen MR) is 65.0 cm³/mol. The number of benzene rings is 1. The summed E-state index contributed by atoms with van der Waals surface area (Å²) in [6.45, 7) is 4.24.